The van der Waals surface area contributed by atoms with Crippen LogP contribution in [0.1, 0.15) is 36.3 Å². The molecule has 0 aliphatic heterocycles. The van der Waals surface area contributed by atoms with E-state index in [2.05, 4.69) is 29.9 Å². The molecule has 1 aromatic heterocycles. The van der Waals surface area contributed by atoms with E-state index in [1.807, 2.05) is 0 Å². The van der Waals surface area contributed by atoms with E-state index < -0.39 is 5.97 Å². The maximum absolute atomic E-state index is 11.1. The van der Waals surface area contributed by atoms with Gasteiger partial charge in [0.1, 0.15) is 5.56 Å². The lowest BCUT2D eigenvalue weighted by Crippen LogP contribution is -2.30. The van der Waals surface area contributed by atoms with Crippen LogP contribution in [0.2, 0.25) is 0 Å². The summed E-state index contributed by atoms with van der Waals surface area (Å²) in [6, 6.07) is 2.12. The summed E-state index contributed by atoms with van der Waals surface area (Å²) in [6.07, 6.45) is 1.81. The number of carbonyl (C=O) groups is 1. The lowest BCUT2D eigenvalue weighted by atomic mass is 10.1. The van der Waals surface area contributed by atoms with Gasteiger partial charge in [-0.05, 0) is 5.92 Å². The van der Waals surface area contributed by atoms with Gasteiger partial charge < -0.3 is 5.11 Å². The number of carboxylic acids is 1. The minimum atomic E-state index is -0.965. The molecule has 1 aromatic rings. The van der Waals surface area contributed by atoms with E-state index >= 15 is 0 Å². The van der Waals surface area contributed by atoms with Crippen molar-refractivity contribution in [1.82, 2.24) is 14.7 Å². The van der Waals surface area contributed by atoms with E-state index in [1.165, 1.54) is 6.20 Å². The number of carboxylic acid groups (broad SMARTS) is 1. The fourth-order valence-electron chi connectivity index (χ4n) is 2.00. The van der Waals surface area contributed by atoms with Crippen LogP contribution in [-0.4, -0.2) is 38.8 Å². The Morgan fingerprint density at radius 2 is 2.32 bits per heavy atom. The van der Waals surface area contributed by atoms with Gasteiger partial charge in [0, 0.05) is 33.1 Å². The molecule has 0 radical (unpaired) electrons. The Balaban J connectivity index is 2.86. The number of nitriles is 1. The Bertz CT molecular complexity index is 473. The molecule has 0 aromatic carbocycles. The summed E-state index contributed by atoms with van der Waals surface area (Å²) >= 11 is 0. The molecular weight excluding hydrogens is 244 g/mol. The summed E-state index contributed by atoms with van der Waals surface area (Å²) in [5.74, 6) is -0.506. The van der Waals surface area contributed by atoms with Gasteiger partial charge in [0.15, 0.2) is 0 Å². The minimum Gasteiger partial charge on any atom is -0.478 e. The second-order valence-electron chi connectivity index (χ2n) is 4.97. The van der Waals surface area contributed by atoms with Gasteiger partial charge in [0.05, 0.1) is 18.0 Å². The van der Waals surface area contributed by atoms with Gasteiger partial charge in [-0.3, -0.25) is 9.58 Å². The summed E-state index contributed by atoms with van der Waals surface area (Å²) in [6.45, 7) is 6.16. The summed E-state index contributed by atoms with van der Waals surface area (Å²) in [7, 11) is 1.74. The summed E-state index contributed by atoms with van der Waals surface area (Å²) in [5.41, 5.74) is 0.902. The van der Waals surface area contributed by atoms with Crippen LogP contribution in [0.3, 0.4) is 0 Å². The largest absolute Gasteiger partial charge is 0.478 e. The van der Waals surface area contributed by atoms with Crippen LogP contribution < -0.4 is 0 Å². The molecule has 6 nitrogen and oxygen atoms in total. The Morgan fingerprint density at radius 3 is 2.84 bits per heavy atom. The van der Waals surface area contributed by atoms with Gasteiger partial charge in [-0.1, -0.05) is 13.8 Å². The number of hydrogen-bond acceptors (Lipinski definition) is 4. The first-order valence-corrected chi connectivity index (χ1v) is 6.29. The molecule has 19 heavy (non-hydrogen) atoms. The van der Waals surface area contributed by atoms with Crippen molar-refractivity contribution < 1.29 is 9.90 Å². The monoisotopic (exact) mass is 264 g/mol. The highest BCUT2D eigenvalue weighted by atomic mass is 16.4. The molecule has 0 amide bonds. The Kier molecular flexibility index (Phi) is 5.52. The van der Waals surface area contributed by atoms with Gasteiger partial charge in [-0.2, -0.15) is 10.4 Å². The third-order valence-electron chi connectivity index (χ3n) is 2.83. The normalized spacial score (nSPS) is 10.9. The number of aromatic carboxylic acids is 1. The first kappa shape index (κ1) is 15.2. The first-order chi connectivity index (χ1) is 8.95. The number of rotatable bonds is 7. The van der Waals surface area contributed by atoms with Crippen LogP contribution in [-0.2, 0) is 13.6 Å². The molecule has 6 heteroatoms. The molecule has 0 fully saturated rings. The van der Waals surface area contributed by atoms with Crippen LogP contribution in [0, 0.1) is 17.2 Å². The van der Waals surface area contributed by atoms with Crippen LogP contribution in [0.5, 0.6) is 0 Å². The Morgan fingerprint density at radius 1 is 1.63 bits per heavy atom. The summed E-state index contributed by atoms with van der Waals surface area (Å²) in [4.78, 5) is 13.2. The molecule has 0 spiro atoms. The topological polar surface area (TPSA) is 82.2 Å². The van der Waals surface area contributed by atoms with Crippen molar-refractivity contribution in [3.63, 3.8) is 0 Å². The van der Waals surface area contributed by atoms with Crippen molar-refractivity contribution in [3.8, 4) is 6.07 Å². The lowest BCUT2D eigenvalue weighted by Gasteiger charge is -2.23. The number of hydrogen-bond donors (Lipinski definition) is 1. The average molecular weight is 264 g/mol. The maximum atomic E-state index is 11.1. The zero-order chi connectivity index (χ0) is 14.4. The van der Waals surface area contributed by atoms with Crippen LogP contribution >= 0.6 is 0 Å². The van der Waals surface area contributed by atoms with Crippen molar-refractivity contribution in [2.75, 3.05) is 13.1 Å². The van der Waals surface area contributed by atoms with E-state index in [1.54, 1.807) is 11.7 Å². The van der Waals surface area contributed by atoms with E-state index in [0.29, 0.717) is 31.1 Å². The zero-order valence-electron chi connectivity index (χ0n) is 11.6. The Hall–Kier alpha value is -1.87. The van der Waals surface area contributed by atoms with Crippen molar-refractivity contribution in [2.24, 2.45) is 13.0 Å². The predicted octanol–water partition coefficient (Wildman–Crippen LogP) is 1.49. The predicted molar refractivity (Wildman–Crippen MR) is 70.5 cm³/mol. The zero-order valence-corrected chi connectivity index (χ0v) is 11.6. The van der Waals surface area contributed by atoms with Crippen molar-refractivity contribution in [2.45, 2.75) is 26.8 Å². The Labute approximate surface area is 113 Å². The molecule has 0 unspecified atom stereocenters. The van der Waals surface area contributed by atoms with E-state index in [0.717, 1.165) is 6.54 Å². The molecule has 1 heterocycles. The van der Waals surface area contributed by atoms with Crippen LogP contribution in [0.15, 0.2) is 6.20 Å². The van der Waals surface area contributed by atoms with Gasteiger partial charge in [-0.25, -0.2) is 4.79 Å². The molecule has 1 rings (SSSR count). The van der Waals surface area contributed by atoms with E-state index in [9.17, 15) is 4.79 Å². The second kappa shape index (κ2) is 6.90. The summed E-state index contributed by atoms with van der Waals surface area (Å²) < 4.78 is 1.59. The average Bonchev–Trinajstić information content (AvgIpc) is 2.67. The molecule has 0 bridgehead atoms. The molecule has 104 valence electrons. The second-order valence-corrected chi connectivity index (χ2v) is 4.97. The SMILES string of the molecule is CC(C)CN(CCC#N)Cc1c(C(=O)O)cnn1C. The van der Waals surface area contributed by atoms with Crippen LogP contribution in [0.25, 0.3) is 0 Å². The minimum absolute atomic E-state index is 0.230. The number of aromatic nitrogens is 2. The van der Waals surface area contributed by atoms with Crippen LogP contribution in [0.4, 0.5) is 0 Å². The highest BCUT2D eigenvalue weighted by Gasteiger charge is 2.18. The molecule has 1 N–H and O–H groups in total. The number of aryl methyl sites for hydroxylation is 1. The highest BCUT2D eigenvalue weighted by molar-refractivity contribution is 5.88. The quantitative estimate of drug-likeness (QED) is 0.806. The molecule has 0 aliphatic rings. The fraction of sp³-hybridized carbons (Fsp3) is 0.615. The fourth-order valence-corrected chi connectivity index (χ4v) is 2.00. The molecule has 0 saturated heterocycles. The number of nitrogens with zero attached hydrogens (tertiary/aromatic N) is 4. The first-order valence-electron chi connectivity index (χ1n) is 6.29. The van der Waals surface area contributed by atoms with Gasteiger partial charge in [0.25, 0.3) is 0 Å². The van der Waals surface area contributed by atoms with Gasteiger partial charge in [-0.15, -0.1) is 0 Å². The van der Waals surface area contributed by atoms with Gasteiger partial charge >= 0.3 is 5.97 Å². The molecule has 0 aliphatic carbocycles. The van der Waals surface area contributed by atoms with Crippen molar-refractivity contribution in [3.05, 3.63) is 17.5 Å². The third kappa shape index (κ3) is 4.38. The lowest BCUT2D eigenvalue weighted by molar-refractivity contribution is 0.0694. The third-order valence-corrected chi connectivity index (χ3v) is 2.83. The standard InChI is InChI=1S/C13H20N4O2/c1-10(2)8-17(6-4-5-14)9-12-11(13(18)19)7-15-16(12)3/h7,10H,4,6,8-9H2,1-3H3,(H,18,19). The van der Waals surface area contributed by atoms with E-state index in [-0.39, 0.29) is 5.56 Å². The van der Waals surface area contributed by atoms with Crippen molar-refractivity contribution in [1.29, 1.82) is 5.26 Å². The highest BCUT2D eigenvalue weighted by Crippen LogP contribution is 2.12. The van der Waals surface area contributed by atoms with Crippen molar-refractivity contribution >= 4 is 5.97 Å². The summed E-state index contributed by atoms with van der Waals surface area (Å²) in [5, 5.41) is 21.8. The van der Waals surface area contributed by atoms with Gasteiger partial charge in [0.2, 0.25) is 0 Å². The molecular formula is C13H20N4O2. The smallest absolute Gasteiger partial charge is 0.339 e. The maximum Gasteiger partial charge on any atom is 0.339 e. The molecule has 0 atom stereocenters. The van der Waals surface area contributed by atoms with E-state index in [4.69, 9.17) is 10.4 Å². The molecule has 0 saturated carbocycles.